The number of rotatable bonds is 20. The maximum absolute atomic E-state index is 12.2. The third kappa shape index (κ3) is 40.9. The van der Waals surface area contributed by atoms with Gasteiger partial charge in [-0.25, -0.2) is 9.59 Å². The molecule has 6 aliphatic rings. The zero-order valence-electron chi connectivity index (χ0n) is 58.2. The van der Waals surface area contributed by atoms with Crippen LogP contribution in [-0.4, -0.2) is 204 Å². The van der Waals surface area contributed by atoms with Gasteiger partial charge in [0.25, 0.3) is 13.1 Å². The van der Waals surface area contributed by atoms with Crippen molar-refractivity contribution in [3.63, 3.8) is 0 Å². The average molecular weight is 1850 g/mol. The summed E-state index contributed by atoms with van der Waals surface area (Å²) < 4.78 is 64.4. The molecule has 0 aromatic heterocycles. The summed E-state index contributed by atoms with van der Waals surface area (Å²) in [5, 5.41) is 74.0. The number of hydrogen-bond donors (Lipinski definition) is 8. The molecule has 0 saturated carbocycles. The van der Waals surface area contributed by atoms with Gasteiger partial charge in [-0.2, -0.15) is 0 Å². The summed E-state index contributed by atoms with van der Waals surface area (Å²) >= 11 is 0. The second-order valence-electron chi connectivity index (χ2n) is 23.7. The normalized spacial score (nSPS) is 27.7. The van der Waals surface area contributed by atoms with Gasteiger partial charge in [0.05, 0.1) is 86.8 Å². The van der Waals surface area contributed by atoms with E-state index >= 15 is 0 Å². The van der Waals surface area contributed by atoms with Crippen molar-refractivity contribution in [2.75, 3.05) is 19.7 Å². The molecule has 538 valence electrons. The van der Waals surface area contributed by atoms with Crippen LogP contribution in [0.25, 0.3) is 15.3 Å². The smallest absolute Gasteiger partial charge is 0.459 e. The summed E-state index contributed by atoms with van der Waals surface area (Å²) in [6.07, 6.45) is 3.38. The molecular formula is C64H95B4N4O22Y6-5. The molecule has 9 rings (SSSR count). The van der Waals surface area contributed by atoms with E-state index in [0.29, 0.717) is 61.1 Å². The first-order valence-electron chi connectivity index (χ1n) is 31.5. The van der Waals surface area contributed by atoms with E-state index < -0.39 is 40.6 Å². The van der Waals surface area contributed by atoms with Crippen LogP contribution in [0.2, 0.25) is 5.82 Å². The van der Waals surface area contributed by atoms with Crippen LogP contribution in [0.1, 0.15) is 114 Å². The van der Waals surface area contributed by atoms with Crippen LogP contribution < -0.4 is 10.9 Å². The van der Waals surface area contributed by atoms with Crippen LogP contribution in [0.15, 0.2) is 77.9 Å². The Hall–Kier alpha value is 1.40. The minimum Gasteiger partial charge on any atom is -0.459 e. The number of ether oxygens (including phenoxy) is 12. The maximum atomic E-state index is 12.2. The molecule has 0 aliphatic carbocycles. The van der Waals surface area contributed by atoms with Gasteiger partial charge in [-0.1, -0.05) is 82.8 Å². The van der Waals surface area contributed by atoms with E-state index in [9.17, 15) is 9.59 Å². The Labute approximate surface area is 743 Å². The van der Waals surface area contributed by atoms with Crippen molar-refractivity contribution in [1.29, 1.82) is 0 Å². The molecule has 6 fully saturated rings. The molecule has 3 aromatic rings. The van der Waals surface area contributed by atoms with E-state index in [0.717, 1.165) is 36.8 Å². The van der Waals surface area contributed by atoms with Gasteiger partial charge in [0.15, 0.2) is 0 Å². The Morgan fingerprint density at radius 2 is 0.920 bits per heavy atom. The third-order valence-corrected chi connectivity index (χ3v) is 15.4. The molecule has 26 nitrogen and oxygen atoms in total. The Morgan fingerprint density at radius 3 is 1.29 bits per heavy atom. The van der Waals surface area contributed by atoms with Gasteiger partial charge in [0, 0.05) is 220 Å². The number of esters is 1. The topological polar surface area (TPSA) is 360 Å². The van der Waals surface area contributed by atoms with E-state index in [1.807, 2.05) is 53.7 Å². The van der Waals surface area contributed by atoms with Crippen molar-refractivity contribution in [3.8, 4) is 6.57 Å². The fraction of sp³-hybridized carbons (Fsp3) is 0.578. The molecule has 0 unspecified atom stereocenters. The number of hydrogen-bond acceptors (Lipinski definition) is 23. The molecule has 18 atom stereocenters. The Balaban J connectivity index is -0.00000113. The second-order valence-corrected chi connectivity index (χ2v) is 23.7. The largest absolute Gasteiger partial charge is 0.508 e. The number of azide groups is 1. The molecule has 0 amide bonds. The number of carbonyl (C=O) groups is 2. The third-order valence-electron chi connectivity index (χ3n) is 15.4. The minimum atomic E-state index is -1.51. The van der Waals surface area contributed by atoms with Gasteiger partial charge >= 0.3 is 40.6 Å². The molecule has 100 heavy (non-hydrogen) atoms. The first-order chi connectivity index (χ1) is 44.6. The van der Waals surface area contributed by atoms with Crippen molar-refractivity contribution in [3.05, 3.63) is 152 Å². The molecule has 8 N–H and O–H groups in total. The predicted octanol–water partition coefficient (Wildman–Crippen LogP) is 4.65. The minimum absolute atomic E-state index is 0. The zero-order valence-corrected chi connectivity index (χ0v) is 75.2. The fourth-order valence-electron chi connectivity index (χ4n) is 10.5. The molecule has 6 radical (unpaired) electrons. The SMILES string of the molecule is C#[N+]CCCO[C@@H]1C[C@H](C)O[C@@H]1[CH2-].[CH2-][C@H]1O[C@@H](C)C[C@H]1B(O)O.[CH2-][C@H]1O[C@@H](C)C[C@H]1OC(=O)OCc1ccc(B(O)O)cc1.[CH2-][C@H]1O[C@@H](C)C[C@H]1OC(=O)c1ccccc1CN=[N+]=[N-].[CH2-][C@H]1O[C@@H](C)C[C@H]1OCB(O)O.[CH2-][C@H]1O[C@@H](C)C[C@H]1OCc1ccc(B(O)O)cc1.[Y].[Y].[Y].[Y].[Y].[Y]. The van der Waals surface area contributed by atoms with Crippen LogP contribution in [0.3, 0.4) is 0 Å². The zero-order chi connectivity index (χ0) is 69.6. The Kier molecular flexibility index (Phi) is 60.7. The van der Waals surface area contributed by atoms with Crippen LogP contribution in [0.5, 0.6) is 0 Å². The van der Waals surface area contributed by atoms with Crippen molar-refractivity contribution >= 4 is 51.5 Å². The summed E-state index contributed by atoms with van der Waals surface area (Å²) in [5.74, 6) is -0.653. The number of carbonyl (C=O) groups excluding carboxylic acids is 2. The van der Waals surface area contributed by atoms with E-state index in [1.165, 1.54) is 0 Å². The number of benzene rings is 3. The van der Waals surface area contributed by atoms with Crippen LogP contribution >= 0.6 is 0 Å². The molecule has 0 spiro atoms. The second kappa shape index (κ2) is 57.5. The fourth-order valence-corrected chi connectivity index (χ4v) is 10.5. The van der Waals surface area contributed by atoms with Crippen LogP contribution in [-0.2, 0) is 273 Å². The van der Waals surface area contributed by atoms with Crippen LogP contribution in [0, 0.1) is 48.1 Å². The van der Waals surface area contributed by atoms with Crippen molar-refractivity contribution in [2.24, 2.45) is 5.11 Å². The first kappa shape index (κ1) is 106. The van der Waals surface area contributed by atoms with Gasteiger partial charge < -0.3 is 139 Å². The van der Waals surface area contributed by atoms with E-state index in [1.54, 1.807) is 60.7 Å². The number of nitrogens with zero attached hydrogens (tertiary/aromatic N) is 4. The standard InChI is InChI=1S/C14H18BO6.C14H16N3O3.C13H18BO4.C10H17NO2.C7H14BO4.C6H12BO3.6Y/c1-9-7-13(10(2)20-9)21-14(16)19-8-11-3-5-12(6-4-11)15(17)18;1-9-7-13(10(2)19-9)20-14(18)12-6-4-3-5-11(12)8-16-17-15;1-9-7-13(10(2)18-9)17-8-11-3-5-12(6-4-11)14(15)16;1-8-7-10(9(2)13-8)12-6-4-5-11-3;1-5-3-7(6(2)12-5)11-4-8(9)10;1-4-3-6(7(8)9)5(2)10-4;;;;;;/h3-6,9-10,13,17-18H,2,7-8H2,1H3;3-6,9-10,13H,2,7-8H2,1H3;3-6,9-10,13,15-16H,2,7-8H2,1H3;3,8-10H,2,4-7H2,1H3;5-7,9-10H,2-4H2,1H3;4-6,8-9H,2-3H2,1H3;;;;;;/q3*-1;;2*-1;;;;;;/t3*9-,10+,13+;8-,9+,10+;5-,6+,7+;4-,5+,6+;;;;;;/m000000....../s1. The monoisotopic (exact) mass is 1850 g/mol. The Morgan fingerprint density at radius 1 is 0.530 bits per heavy atom. The van der Waals surface area contributed by atoms with Crippen LogP contribution in [0.4, 0.5) is 4.79 Å². The summed E-state index contributed by atoms with van der Waals surface area (Å²) in [5.41, 5.74) is 12.0. The molecule has 3 aromatic carbocycles. The van der Waals surface area contributed by atoms with E-state index in [-0.39, 0.29) is 325 Å². The average Bonchev–Trinajstić information content (AvgIpc) is 0.868. The Bertz CT molecular complexity index is 2770. The van der Waals surface area contributed by atoms with Gasteiger partial charge in [0.2, 0.25) is 0 Å². The molecule has 6 aliphatic heterocycles. The quantitative estimate of drug-likeness (QED) is 0.0145. The van der Waals surface area contributed by atoms with Crippen molar-refractivity contribution in [1.82, 2.24) is 0 Å². The molecule has 6 saturated heterocycles. The van der Waals surface area contributed by atoms with Gasteiger partial charge in [-0.05, 0) is 143 Å². The maximum Gasteiger partial charge on any atom is 0.508 e. The van der Waals surface area contributed by atoms with Gasteiger partial charge in [0.1, 0.15) is 18.8 Å². The van der Waals surface area contributed by atoms with Gasteiger partial charge in [-0.15, -0.1) is 0 Å². The summed E-state index contributed by atoms with van der Waals surface area (Å²) in [7, 11) is -5.63. The first-order valence-corrected chi connectivity index (χ1v) is 31.5. The summed E-state index contributed by atoms with van der Waals surface area (Å²) in [6, 6.07) is 20.3. The summed E-state index contributed by atoms with van der Waals surface area (Å²) in [6.45, 7) is 41.4. The molecule has 0 bridgehead atoms. The molecular weight excluding hydrogens is 1750 g/mol. The predicted molar refractivity (Wildman–Crippen MR) is 352 cm³/mol. The van der Waals surface area contributed by atoms with E-state index in [2.05, 4.69) is 56.4 Å². The molecule has 36 heteroatoms. The van der Waals surface area contributed by atoms with Crippen molar-refractivity contribution < 1.29 is 303 Å². The van der Waals surface area contributed by atoms with E-state index in [4.69, 9.17) is 109 Å². The molecule has 6 heterocycles. The van der Waals surface area contributed by atoms with Crippen molar-refractivity contribution in [2.45, 2.75) is 216 Å². The summed E-state index contributed by atoms with van der Waals surface area (Å²) in [4.78, 5) is 30.0. The van der Waals surface area contributed by atoms with Gasteiger partial charge in [-0.3, -0.25) is 0 Å².